The molecule has 0 aliphatic carbocycles. The highest BCUT2D eigenvalue weighted by Crippen LogP contribution is 2.26. The van der Waals surface area contributed by atoms with Crippen molar-refractivity contribution in [1.82, 2.24) is 19.7 Å². The van der Waals surface area contributed by atoms with Gasteiger partial charge in [0.25, 0.3) is 5.91 Å². The second-order valence-electron chi connectivity index (χ2n) is 7.08. The number of nitrogens with zero attached hydrogens (tertiary/aromatic N) is 4. The molecule has 1 aliphatic rings. The molecule has 1 aromatic heterocycles. The molecule has 0 unspecified atom stereocenters. The molecule has 0 spiro atoms. The van der Waals surface area contributed by atoms with E-state index in [0.29, 0.717) is 0 Å². The summed E-state index contributed by atoms with van der Waals surface area (Å²) in [5.41, 5.74) is 2.92. The van der Waals surface area contributed by atoms with Crippen LogP contribution in [0.1, 0.15) is 28.8 Å². The van der Waals surface area contributed by atoms with E-state index in [1.807, 2.05) is 65.0 Å². The molecule has 1 amide bonds. The molecule has 2 aromatic carbocycles. The van der Waals surface area contributed by atoms with Gasteiger partial charge in [0.2, 0.25) is 0 Å². The third-order valence-corrected chi connectivity index (χ3v) is 6.24. The van der Waals surface area contributed by atoms with Crippen LogP contribution in [-0.4, -0.2) is 45.8 Å². The van der Waals surface area contributed by atoms with Gasteiger partial charge in [0.05, 0.1) is 7.11 Å². The predicted molar refractivity (Wildman–Crippen MR) is 114 cm³/mol. The quantitative estimate of drug-likeness (QED) is 0.577. The van der Waals surface area contributed by atoms with Gasteiger partial charge in [-0.2, -0.15) is 0 Å². The van der Waals surface area contributed by atoms with Gasteiger partial charge in [-0.05, 0) is 54.8 Å². The van der Waals surface area contributed by atoms with Crippen LogP contribution in [0.15, 0.2) is 53.7 Å². The van der Waals surface area contributed by atoms with E-state index >= 15 is 0 Å². The molecule has 6 nitrogen and oxygen atoms in total. The summed E-state index contributed by atoms with van der Waals surface area (Å²) in [5, 5.41) is 9.52. The zero-order valence-electron chi connectivity index (χ0n) is 16.7. The number of rotatable bonds is 6. The molecule has 0 bridgehead atoms. The Kier molecular flexibility index (Phi) is 5.85. The van der Waals surface area contributed by atoms with Crippen molar-refractivity contribution in [2.24, 2.45) is 7.05 Å². The number of methoxy groups -OCH3 is 1. The maximum Gasteiger partial charge on any atom is 0.253 e. The number of ether oxygens (including phenoxy) is 1. The Balaban J connectivity index is 1.40. The summed E-state index contributed by atoms with van der Waals surface area (Å²) >= 11 is 1.63. The van der Waals surface area contributed by atoms with Crippen molar-refractivity contribution in [2.75, 3.05) is 20.2 Å². The van der Waals surface area contributed by atoms with Gasteiger partial charge >= 0.3 is 0 Å². The van der Waals surface area contributed by atoms with Crippen LogP contribution in [0.2, 0.25) is 0 Å². The van der Waals surface area contributed by atoms with Crippen molar-refractivity contribution in [3.05, 3.63) is 59.7 Å². The Hall–Kier alpha value is -2.80. The molecule has 3 aromatic rings. The van der Waals surface area contributed by atoms with Gasteiger partial charge < -0.3 is 14.2 Å². The minimum Gasteiger partial charge on any atom is -0.497 e. The van der Waals surface area contributed by atoms with Crippen LogP contribution in [0.3, 0.4) is 0 Å². The molecule has 29 heavy (non-hydrogen) atoms. The number of thioether (sulfide) groups is 1. The topological polar surface area (TPSA) is 60.3 Å². The van der Waals surface area contributed by atoms with E-state index in [9.17, 15) is 4.79 Å². The number of hydrogen-bond acceptors (Lipinski definition) is 5. The van der Waals surface area contributed by atoms with Crippen LogP contribution in [0, 0.1) is 0 Å². The number of carbonyl (C=O) groups excluding carboxylic acids is 1. The summed E-state index contributed by atoms with van der Waals surface area (Å²) in [6.07, 6.45) is 2.22. The second-order valence-corrected chi connectivity index (χ2v) is 8.02. The summed E-state index contributed by atoms with van der Waals surface area (Å²) < 4.78 is 7.21. The fourth-order valence-corrected chi connectivity index (χ4v) is 4.29. The fraction of sp³-hybridized carbons (Fsp3) is 0.318. The zero-order chi connectivity index (χ0) is 20.2. The van der Waals surface area contributed by atoms with Gasteiger partial charge in [0.15, 0.2) is 11.0 Å². The molecule has 0 radical (unpaired) electrons. The van der Waals surface area contributed by atoms with E-state index in [1.54, 1.807) is 18.9 Å². The summed E-state index contributed by atoms with van der Waals surface area (Å²) in [5.74, 6) is 2.55. The third kappa shape index (κ3) is 4.29. The number of aromatic nitrogens is 3. The molecule has 1 fully saturated rings. The highest BCUT2D eigenvalue weighted by atomic mass is 32.2. The smallest absolute Gasteiger partial charge is 0.253 e. The number of hydrogen-bond donors (Lipinski definition) is 0. The maximum absolute atomic E-state index is 12.5. The summed E-state index contributed by atoms with van der Waals surface area (Å²) in [6, 6.07) is 15.7. The lowest BCUT2D eigenvalue weighted by Crippen LogP contribution is -2.27. The van der Waals surface area contributed by atoms with Crippen molar-refractivity contribution in [3.63, 3.8) is 0 Å². The first-order chi connectivity index (χ1) is 14.2. The molecule has 0 N–H and O–H groups in total. The van der Waals surface area contributed by atoms with Gasteiger partial charge in [-0.25, -0.2) is 0 Å². The normalized spacial score (nSPS) is 13.7. The van der Waals surface area contributed by atoms with Crippen LogP contribution in [0.4, 0.5) is 0 Å². The van der Waals surface area contributed by atoms with Gasteiger partial charge in [0.1, 0.15) is 5.75 Å². The van der Waals surface area contributed by atoms with Crippen molar-refractivity contribution in [2.45, 2.75) is 23.8 Å². The summed E-state index contributed by atoms with van der Waals surface area (Å²) in [4.78, 5) is 14.4. The lowest BCUT2D eigenvalue weighted by molar-refractivity contribution is 0.0793. The van der Waals surface area contributed by atoms with Gasteiger partial charge in [-0.15, -0.1) is 10.2 Å². The van der Waals surface area contributed by atoms with Crippen LogP contribution < -0.4 is 4.74 Å². The Bertz CT molecular complexity index is 977. The largest absolute Gasteiger partial charge is 0.497 e. The average molecular weight is 409 g/mol. The standard InChI is InChI=1S/C22H24N4O2S/c1-25-20(17-9-11-19(28-2)12-10-17)23-24-22(25)29-15-16-5-7-18(8-6-16)21(27)26-13-3-4-14-26/h5-12H,3-4,13-15H2,1-2H3. The van der Waals surface area contributed by atoms with Crippen LogP contribution >= 0.6 is 11.8 Å². The van der Waals surface area contributed by atoms with Crippen molar-refractivity contribution in [1.29, 1.82) is 0 Å². The highest BCUT2D eigenvalue weighted by molar-refractivity contribution is 7.98. The van der Waals surface area contributed by atoms with Gasteiger partial charge in [-0.3, -0.25) is 4.79 Å². The summed E-state index contributed by atoms with van der Waals surface area (Å²) in [6.45, 7) is 1.75. The Morgan fingerprint density at radius 2 is 1.72 bits per heavy atom. The van der Waals surface area contributed by atoms with Crippen LogP contribution in [0.25, 0.3) is 11.4 Å². The molecule has 0 atom stereocenters. The minimum atomic E-state index is 0.138. The molecular formula is C22H24N4O2S. The maximum atomic E-state index is 12.5. The number of likely N-dealkylation sites (tertiary alicyclic amines) is 1. The SMILES string of the molecule is COc1ccc(-c2nnc(SCc3ccc(C(=O)N4CCCC4)cc3)n2C)cc1. The molecule has 0 saturated carbocycles. The number of amides is 1. The van der Waals surface area contributed by atoms with Crippen molar-refractivity contribution in [3.8, 4) is 17.1 Å². The fourth-order valence-electron chi connectivity index (χ4n) is 3.43. The lowest BCUT2D eigenvalue weighted by Gasteiger charge is -2.15. The molecule has 2 heterocycles. The molecule has 1 saturated heterocycles. The van der Waals surface area contributed by atoms with E-state index in [2.05, 4.69) is 10.2 Å². The van der Waals surface area contributed by atoms with E-state index < -0.39 is 0 Å². The summed E-state index contributed by atoms with van der Waals surface area (Å²) in [7, 11) is 3.63. The highest BCUT2D eigenvalue weighted by Gasteiger charge is 2.19. The van der Waals surface area contributed by atoms with E-state index in [4.69, 9.17) is 4.74 Å². The average Bonchev–Trinajstić information content (AvgIpc) is 3.42. The number of benzene rings is 2. The van der Waals surface area contributed by atoms with E-state index in [-0.39, 0.29) is 5.91 Å². The number of carbonyl (C=O) groups is 1. The van der Waals surface area contributed by atoms with Crippen LogP contribution in [0.5, 0.6) is 5.75 Å². The minimum absolute atomic E-state index is 0.138. The molecule has 7 heteroatoms. The van der Waals surface area contributed by atoms with Gasteiger partial charge in [0, 0.05) is 37.0 Å². The first kappa shape index (κ1) is 19.5. The molecule has 150 valence electrons. The zero-order valence-corrected chi connectivity index (χ0v) is 17.5. The second kappa shape index (κ2) is 8.69. The van der Waals surface area contributed by atoms with E-state index in [1.165, 1.54) is 0 Å². The third-order valence-electron chi connectivity index (χ3n) is 5.15. The van der Waals surface area contributed by atoms with Crippen LogP contribution in [-0.2, 0) is 12.8 Å². The predicted octanol–water partition coefficient (Wildman–Crippen LogP) is 4.02. The molecule has 4 rings (SSSR count). The van der Waals surface area contributed by atoms with Crippen molar-refractivity contribution < 1.29 is 9.53 Å². The molecular weight excluding hydrogens is 384 g/mol. The van der Waals surface area contributed by atoms with E-state index in [0.717, 1.165) is 65.1 Å². The first-order valence-electron chi connectivity index (χ1n) is 9.70. The Morgan fingerprint density at radius 3 is 2.38 bits per heavy atom. The first-order valence-corrected chi connectivity index (χ1v) is 10.7. The monoisotopic (exact) mass is 408 g/mol. The van der Waals surface area contributed by atoms with Gasteiger partial charge in [-0.1, -0.05) is 23.9 Å². The Labute approximate surface area is 174 Å². The lowest BCUT2D eigenvalue weighted by atomic mass is 10.1. The Morgan fingerprint density at radius 1 is 1.03 bits per heavy atom. The van der Waals surface area contributed by atoms with Crippen molar-refractivity contribution >= 4 is 17.7 Å². The molecule has 1 aliphatic heterocycles.